The van der Waals surface area contributed by atoms with Crippen LogP contribution in [-0.4, -0.2) is 30.3 Å². The number of aliphatic hydroxyl groups excluding tert-OH is 1. The molecule has 0 spiro atoms. The molecule has 2 rings (SSSR count). The van der Waals surface area contributed by atoms with Crippen LogP contribution in [0.2, 0.25) is 0 Å². The second kappa shape index (κ2) is 7.04. The molecule has 1 aromatic carbocycles. The lowest BCUT2D eigenvalue weighted by Gasteiger charge is -2.05. The highest BCUT2D eigenvalue weighted by Crippen LogP contribution is 2.10. The van der Waals surface area contributed by atoms with Crippen molar-refractivity contribution in [1.82, 2.24) is 14.9 Å². The van der Waals surface area contributed by atoms with Gasteiger partial charge in [-0.25, -0.2) is 13.1 Å². The van der Waals surface area contributed by atoms with E-state index >= 15 is 0 Å². The highest BCUT2D eigenvalue weighted by molar-refractivity contribution is 7.89. The van der Waals surface area contributed by atoms with Gasteiger partial charge in [0, 0.05) is 30.3 Å². The minimum Gasteiger partial charge on any atom is -0.395 e. The summed E-state index contributed by atoms with van der Waals surface area (Å²) in [7, 11) is -3.56. The van der Waals surface area contributed by atoms with Crippen LogP contribution in [-0.2, 0) is 16.6 Å². The quantitative estimate of drug-likeness (QED) is 0.706. The Morgan fingerprint density at radius 2 is 2.05 bits per heavy atom. The van der Waals surface area contributed by atoms with Gasteiger partial charge < -0.3 is 5.11 Å². The molecule has 1 aromatic heterocycles. The fourth-order valence-electron chi connectivity index (χ4n) is 1.57. The number of sulfonamides is 1. The summed E-state index contributed by atoms with van der Waals surface area (Å²) >= 11 is 0. The first-order chi connectivity index (χ1) is 10.1. The number of aromatic amines is 1. The van der Waals surface area contributed by atoms with Gasteiger partial charge in [-0.05, 0) is 24.3 Å². The lowest BCUT2D eigenvalue weighted by molar-refractivity contribution is 0.305. The second-order valence-corrected chi connectivity index (χ2v) is 6.00. The number of nitrogens with zero attached hydrogens (tertiary/aromatic N) is 1. The van der Waals surface area contributed by atoms with E-state index in [0.29, 0.717) is 12.0 Å². The molecule has 0 aliphatic rings. The summed E-state index contributed by atoms with van der Waals surface area (Å²) < 4.78 is 26.7. The Morgan fingerprint density at radius 3 is 2.67 bits per heavy atom. The molecule has 21 heavy (non-hydrogen) atoms. The third-order valence-electron chi connectivity index (χ3n) is 2.66. The smallest absolute Gasteiger partial charge is 0.240 e. The molecule has 2 aromatic rings. The Labute approximate surface area is 123 Å². The van der Waals surface area contributed by atoms with Gasteiger partial charge >= 0.3 is 0 Å². The predicted molar refractivity (Wildman–Crippen MR) is 77.6 cm³/mol. The predicted octanol–water partition coefficient (Wildman–Crippen LogP) is 0.622. The SMILES string of the molecule is O=S(=O)(NCc1cn[nH]c1)c1ccc(C#CCCO)cc1. The van der Waals surface area contributed by atoms with Crippen molar-refractivity contribution in [2.45, 2.75) is 17.9 Å². The van der Waals surface area contributed by atoms with E-state index in [4.69, 9.17) is 5.11 Å². The summed E-state index contributed by atoms with van der Waals surface area (Å²) in [4.78, 5) is 0.179. The highest BCUT2D eigenvalue weighted by atomic mass is 32.2. The number of aliphatic hydroxyl groups is 1. The molecule has 0 saturated heterocycles. The largest absolute Gasteiger partial charge is 0.395 e. The van der Waals surface area contributed by atoms with Gasteiger partial charge in [0.1, 0.15) is 0 Å². The van der Waals surface area contributed by atoms with Gasteiger partial charge in [0.05, 0.1) is 17.7 Å². The monoisotopic (exact) mass is 305 g/mol. The standard InChI is InChI=1S/C14H15N3O3S/c18-8-2-1-3-12-4-6-14(7-5-12)21(19,20)17-11-13-9-15-16-10-13/h4-7,9-10,17-18H,2,8,11H2,(H,15,16). The van der Waals surface area contributed by atoms with Gasteiger partial charge in [-0.3, -0.25) is 5.10 Å². The van der Waals surface area contributed by atoms with Crippen LogP contribution in [0.5, 0.6) is 0 Å². The van der Waals surface area contributed by atoms with Crippen LogP contribution >= 0.6 is 0 Å². The third kappa shape index (κ3) is 4.43. The molecule has 0 radical (unpaired) electrons. The van der Waals surface area contributed by atoms with Crippen molar-refractivity contribution in [1.29, 1.82) is 0 Å². The summed E-state index contributed by atoms with van der Waals surface area (Å²) in [6.07, 6.45) is 3.58. The molecule has 0 amide bonds. The molecule has 7 heteroatoms. The first-order valence-electron chi connectivity index (χ1n) is 6.29. The molecule has 3 N–H and O–H groups in total. The number of H-pyrrole nitrogens is 1. The first kappa shape index (κ1) is 15.3. The summed E-state index contributed by atoms with van der Waals surface area (Å²) in [5.74, 6) is 5.62. The van der Waals surface area contributed by atoms with Crippen LogP contribution in [0.3, 0.4) is 0 Å². The van der Waals surface area contributed by atoms with Crippen LogP contribution in [0.4, 0.5) is 0 Å². The van der Waals surface area contributed by atoms with Crippen molar-refractivity contribution in [3.8, 4) is 11.8 Å². The van der Waals surface area contributed by atoms with Crippen molar-refractivity contribution < 1.29 is 13.5 Å². The van der Waals surface area contributed by atoms with Gasteiger partial charge in [-0.15, -0.1) is 0 Å². The highest BCUT2D eigenvalue weighted by Gasteiger charge is 2.13. The summed E-state index contributed by atoms with van der Waals surface area (Å²) in [6, 6.07) is 6.27. The Balaban J connectivity index is 2.05. The second-order valence-electron chi connectivity index (χ2n) is 4.23. The number of nitrogens with one attached hydrogen (secondary N) is 2. The normalized spacial score (nSPS) is 10.9. The van der Waals surface area contributed by atoms with Crippen LogP contribution in [0.15, 0.2) is 41.6 Å². The van der Waals surface area contributed by atoms with Crippen LogP contribution in [0, 0.1) is 11.8 Å². The molecule has 1 heterocycles. The van der Waals surface area contributed by atoms with E-state index in [0.717, 1.165) is 5.56 Å². The molecule has 0 saturated carbocycles. The van der Waals surface area contributed by atoms with Crippen molar-refractivity contribution in [2.75, 3.05) is 6.61 Å². The zero-order valence-corrected chi connectivity index (χ0v) is 12.0. The van der Waals surface area contributed by atoms with Crippen LogP contribution in [0.25, 0.3) is 0 Å². The van der Waals surface area contributed by atoms with E-state index in [1.165, 1.54) is 12.1 Å². The molecule has 0 atom stereocenters. The van der Waals surface area contributed by atoms with E-state index in [9.17, 15) is 8.42 Å². The summed E-state index contributed by atoms with van der Waals surface area (Å²) in [5.41, 5.74) is 1.46. The minimum atomic E-state index is -3.56. The maximum atomic E-state index is 12.1. The molecular formula is C14H15N3O3S. The molecule has 0 unspecified atom stereocenters. The lowest BCUT2D eigenvalue weighted by Crippen LogP contribution is -2.22. The number of hydrogen-bond acceptors (Lipinski definition) is 4. The zero-order valence-electron chi connectivity index (χ0n) is 11.2. The third-order valence-corrected chi connectivity index (χ3v) is 4.07. The molecule has 0 fully saturated rings. The first-order valence-corrected chi connectivity index (χ1v) is 7.77. The summed E-state index contributed by atoms with van der Waals surface area (Å²) in [6.45, 7) is 0.189. The molecule has 0 aliphatic carbocycles. The van der Waals surface area contributed by atoms with Crippen molar-refractivity contribution in [3.63, 3.8) is 0 Å². The van der Waals surface area contributed by atoms with Gasteiger partial charge in [-0.1, -0.05) is 11.8 Å². The number of hydrogen-bond donors (Lipinski definition) is 3. The zero-order chi connectivity index (χ0) is 15.1. The van der Waals surface area contributed by atoms with Gasteiger partial charge in [0.25, 0.3) is 0 Å². The average Bonchev–Trinajstić information content (AvgIpc) is 3.00. The Bertz CT molecular complexity index is 726. The maximum Gasteiger partial charge on any atom is 0.240 e. The van der Waals surface area contributed by atoms with E-state index < -0.39 is 10.0 Å². The Hall–Kier alpha value is -2.14. The Kier molecular flexibility index (Phi) is 5.11. The summed E-state index contributed by atoms with van der Waals surface area (Å²) in [5, 5.41) is 15.0. The number of benzene rings is 1. The fourth-order valence-corrected chi connectivity index (χ4v) is 2.59. The Morgan fingerprint density at radius 1 is 1.29 bits per heavy atom. The van der Waals surface area contributed by atoms with E-state index in [1.807, 2.05) is 0 Å². The van der Waals surface area contributed by atoms with Crippen LogP contribution < -0.4 is 4.72 Å². The number of rotatable bonds is 5. The van der Waals surface area contributed by atoms with Gasteiger partial charge in [0.2, 0.25) is 10.0 Å². The maximum absolute atomic E-state index is 12.1. The molecule has 6 nitrogen and oxygen atoms in total. The van der Waals surface area contributed by atoms with Crippen molar-refractivity contribution >= 4 is 10.0 Å². The molecular weight excluding hydrogens is 290 g/mol. The van der Waals surface area contributed by atoms with Gasteiger partial charge in [-0.2, -0.15) is 5.10 Å². The number of aromatic nitrogens is 2. The molecule has 0 aliphatic heterocycles. The molecule has 110 valence electrons. The van der Waals surface area contributed by atoms with Crippen molar-refractivity contribution in [3.05, 3.63) is 47.8 Å². The topological polar surface area (TPSA) is 95.1 Å². The van der Waals surface area contributed by atoms with E-state index in [2.05, 4.69) is 26.8 Å². The fraction of sp³-hybridized carbons (Fsp3) is 0.214. The van der Waals surface area contributed by atoms with Gasteiger partial charge in [0.15, 0.2) is 0 Å². The van der Waals surface area contributed by atoms with E-state index in [-0.39, 0.29) is 18.0 Å². The minimum absolute atomic E-state index is 0.0113. The van der Waals surface area contributed by atoms with Crippen LogP contribution in [0.1, 0.15) is 17.5 Å². The van der Waals surface area contributed by atoms with E-state index in [1.54, 1.807) is 24.5 Å². The average molecular weight is 305 g/mol. The molecule has 0 bridgehead atoms. The lowest BCUT2D eigenvalue weighted by atomic mass is 10.2. The van der Waals surface area contributed by atoms with Crippen molar-refractivity contribution in [2.24, 2.45) is 0 Å².